The molecule has 0 atom stereocenters. The van der Waals surface area contributed by atoms with Gasteiger partial charge in [0, 0.05) is 31.7 Å². The van der Waals surface area contributed by atoms with Gasteiger partial charge in [-0.15, -0.1) is 11.3 Å². The fraction of sp³-hybridized carbons (Fsp3) is 0.692. The van der Waals surface area contributed by atoms with Crippen molar-refractivity contribution in [2.24, 2.45) is 11.7 Å². The molecular formula is C13H22N2O3S2. The molecule has 1 aliphatic rings. The van der Waals surface area contributed by atoms with Gasteiger partial charge in [0.2, 0.25) is 0 Å². The molecule has 0 bridgehead atoms. The highest BCUT2D eigenvalue weighted by Crippen LogP contribution is 2.26. The lowest BCUT2D eigenvalue weighted by atomic mass is 10.0. The minimum Gasteiger partial charge on any atom is -0.381 e. The Morgan fingerprint density at radius 3 is 2.75 bits per heavy atom. The first-order valence-corrected chi connectivity index (χ1v) is 9.12. The number of rotatable bonds is 6. The normalized spacial score (nSPS) is 17.8. The van der Waals surface area contributed by atoms with Gasteiger partial charge in [-0.1, -0.05) is 0 Å². The summed E-state index contributed by atoms with van der Waals surface area (Å²) < 4.78 is 32.2. The van der Waals surface area contributed by atoms with Gasteiger partial charge < -0.3 is 10.5 Å². The van der Waals surface area contributed by atoms with E-state index in [1.807, 2.05) is 6.07 Å². The van der Waals surface area contributed by atoms with Crippen molar-refractivity contribution in [1.82, 2.24) is 4.31 Å². The van der Waals surface area contributed by atoms with Gasteiger partial charge in [0.1, 0.15) is 4.21 Å². The molecule has 114 valence electrons. The van der Waals surface area contributed by atoms with Crippen LogP contribution in [0.4, 0.5) is 0 Å². The second-order valence-corrected chi connectivity index (χ2v) is 8.54. The van der Waals surface area contributed by atoms with Crippen molar-refractivity contribution in [1.29, 1.82) is 0 Å². The van der Waals surface area contributed by atoms with Gasteiger partial charge in [-0.25, -0.2) is 8.42 Å². The van der Waals surface area contributed by atoms with Crippen LogP contribution >= 0.6 is 11.3 Å². The van der Waals surface area contributed by atoms with Gasteiger partial charge >= 0.3 is 0 Å². The van der Waals surface area contributed by atoms with Gasteiger partial charge in [0.15, 0.2) is 0 Å². The fourth-order valence-corrected chi connectivity index (χ4v) is 5.15. The maximum absolute atomic E-state index is 12.5. The number of hydrogen-bond acceptors (Lipinski definition) is 5. The van der Waals surface area contributed by atoms with Gasteiger partial charge in [0.25, 0.3) is 10.0 Å². The zero-order chi connectivity index (χ0) is 14.6. The summed E-state index contributed by atoms with van der Waals surface area (Å²) in [7, 11) is -1.71. The molecular weight excluding hydrogens is 296 g/mol. The number of thiophene rings is 1. The Bertz CT molecular complexity index is 521. The molecule has 0 aromatic carbocycles. The number of ether oxygens (including phenoxy) is 1. The Balaban J connectivity index is 2.03. The lowest BCUT2D eigenvalue weighted by Gasteiger charge is -2.26. The average Bonchev–Trinajstić information content (AvgIpc) is 2.89. The summed E-state index contributed by atoms with van der Waals surface area (Å²) in [5, 5.41) is 0. The molecule has 5 nitrogen and oxygen atoms in total. The molecule has 1 aliphatic heterocycles. The van der Waals surface area contributed by atoms with E-state index in [0.717, 1.165) is 37.4 Å². The molecule has 20 heavy (non-hydrogen) atoms. The molecule has 1 fully saturated rings. The van der Waals surface area contributed by atoms with E-state index >= 15 is 0 Å². The lowest BCUT2D eigenvalue weighted by Crippen LogP contribution is -2.33. The Morgan fingerprint density at radius 2 is 2.10 bits per heavy atom. The van der Waals surface area contributed by atoms with Gasteiger partial charge in [-0.3, -0.25) is 0 Å². The SMILES string of the molecule is CN(CC1CCOCC1)S(=O)(=O)c1ccc(CCN)s1. The summed E-state index contributed by atoms with van der Waals surface area (Å²) in [6.07, 6.45) is 2.59. The lowest BCUT2D eigenvalue weighted by molar-refractivity contribution is 0.0620. The first-order chi connectivity index (χ1) is 9.54. The van der Waals surface area contributed by atoms with E-state index in [4.69, 9.17) is 10.5 Å². The average molecular weight is 318 g/mol. The van der Waals surface area contributed by atoms with Crippen LogP contribution in [0.15, 0.2) is 16.3 Å². The summed E-state index contributed by atoms with van der Waals surface area (Å²) in [4.78, 5) is 1.02. The van der Waals surface area contributed by atoms with Gasteiger partial charge in [-0.05, 0) is 43.9 Å². The summed E-state index contributed by atoms with van der Waals surface area (Å²) in [6.45, 7) is 2.57. The van der Waals surface area contributed by atoms with Crippen molar-refractivity contribution in [3.05, 3.63) is 17.0 Å². The highest BCUT2D eigenvalue weighted by Gasteiger charge is 2.26. The number of nitrogens with two attached hydrogens (primary N) is 1. The van der Waals surface area contributed by atoms with E-state index in [0.29, 0.717) is 23.2 Å². The predicted molar refractivity (Wildman–Crippen MR) is 80.4 cm³/mol. The predicted octanol–water partition coefficient (Wildman–Crippen LogP) is 1.30. The third-order valence-corrected chi connectivity index (χ3v) is 6.98. The zero-order valence-corrected chi connectivity index (χ0v) is 13.4. The highest BCUT2D eigenvalue weighted by molar-refractivity contribution is 7.91. The molecule has 0 saturated carbocycles. The van der Waals surface area contributed by atoms with Crippen molar-refractivity contribution in [2.75, 3.05) is 33.4 Å². The van der Waals surface area contributed by atoms with Crippen LogP contribution in [0.3, 0.4) is 0 Å². The Morgan fingerprint density at radius 1 is 1.40 bits per heavy atom. The van der Waals surface area contributed by atoms with Crippen LogP contribution in [0.1, 0.15) is 17.7 Å². The smallest absolute Gasteiger partial charge is 0.252 e. The van der Waals surface area contributed by atoms with Crippen molar-refractivity contribution in [3.8, 4) is 0 Å². The second kappa shape index (κ2) is 7.00. The molecule has 0 spiro atoms. The van der Waals surface area contributed by atoms with Crippen LogP contribution in [0.2, 0.25) is 0 Å². The maximum Gasteiger partial charge on any atom is 0.252 e. The first-order valence-electron chi connectivity index (χ1n) is 6.87. The van der Waals surface area contributed by atoms with E-state index in [9.17, 15) is 8.42 Å². The molecule has 0 radical (unpaired) electrons. The molecule has 1 aromatic heterocycles. The maximum atomic E-state index is 12.5. The molecule has 0 unspecified atom stereocenters. The monoisotopic (exact) mass is 318 g/mol. The zero-order valence-electron chi connectivity index (χ0n) is 11.7. The van der Waals surface area contributed by atoms with Crippen LogP contribution in [-0.4, -0.2) is 46.1 Å². The third kappa shape index (κ3) is 3.79. The largest absolute Gasteiger partial charge is 0.381 e. The number of nitrogens with zero attached hydrogens (tertiary/aromatic N) is 1. The third-order valence-electron chi connectivity index (χ3n) is 3.55. The molecule has 1 saturated heterocycles. The Labute approximate surface area is 124 Å². The van der Waals surface area contributed by atoms with Crippen molar-refractivity contribution in [2.45, 2.75) is 23.5 Å². The quantitative estimate of drug-likeness (QED) is 0.858. The molecule has 0 aliphatic carbocycles. The standard InChI is InChI=1S/C13H22N2O3S2/c1-15(10-11-5-8-18-9-6-11)20(16,17)13-3-2-12(19-13)4-7-14/h2-3,11H,4-10,14H2,1H3. The summed E-state index contributed by atoms with van der Waals surface area (Å²) in [5.41, 5.74) is 5.50. The topological polar surface area (TPSA) is 72.6 Å². The minimum atomic E-state index is -3.37. The molecule has 7 heteroatoms. The molecule has 2 N–H and O–H groups in total. The minimum absolute atomic E-state index is 0.395. The van der Waals surface area contributed by atoms with Gasteiger partial charge in [-0.2, -0.15) is 4.31 Å². The summed E-state index contributed by atoms with van der Waals surface area (Å²) in [5.74, 6) is 0.395. The second-order valence-electron chi connectivity index (χ2n) is 5.10. The van der Waals surface area contributed by atoms with E-state index in [2.05, 4.69) is 0 Å². The van der Waals surface area contributed by atoms with E-state index < -0.39 is 10.0 Å². The molecule has 2 rings (SSSR count). The summed E-state index contributed by atoms with van der Waals surface area (Å²) >= 11 is 1.32. The summed E-state index contributed by atoms with van der Waals surface area (Å²) in [6, 6.07) is 3.54. The first kappa shape index (κ1) is 15.9. The molecule has 1 aromatic rings. The Hall–Kier alpha value is -0.470. The van der Waals surface area contributed by atoms with Crippen LogP contribution in [0, 0.1) is 5.92 Å². The van der Waals surface area contributed by atoms with E-state index in [1.165, 1.54) is 15.6 Å². The van der Waals surface area contributed by atoms with Crippen LogP contribution in [0.5, 0.6) is 0 Å². The van der Waals surface area contributed by atoms with E-state index in [1.54, 1.807) is 13.1 Å². The van der Waals surface area contributed by atoms with Crippen LogP contribution in [-0.2, 0) is 21.2 Å². The fourth-order valence-electron chi connectivity index (χ4n) is 2.32. The molecule has 0 amide bonds. The van der Waals surface area contributed by atoms with E-state index in [-0.39, 0.29) is 0 Å². The Kier molecular flexibility index (Phi) is 5.57. The number of hydrogen-bond donors (Lipinski definition) is 1. The van der Waals surface area contributed by atoms with Crippen molar-refractivity contribution in [3.63, 3.8) is 0 Å². The van der Waals surface area contributed by atoms with Crippen LogP contribution in [0.25, 0.3) is 0 Å². The van der Waals surface area contributed by atoms with Crippen LogP contribution < -0.4 is 5.73 Å². The highest BCUT2D eigenvalue weighted by atomic mass is 32.2. The van der Waals surface area contributed by atoms with Crippen molar-refractivity contribution >= 4 is 21.4 Å². The van der Waals surface area contributed by atoms with Crippen molar-refractivity contribution < 1.29 is 13.2 Å². The van der Waals surface area contributed by atoms with Gasteiger partial charge in [0.05, 0.1) is 0 Å². The number of sulfonamides is 1. The molecule has 2 heterocycles.